The lowest BCUT2D eigenvalue weighted by Gasteiger charge is -2.23. The second kappa shape index (κ2) is 7.40. The van der Waals surface area contributed by atoms with Gasteiger partial charge in [0.05, 0.1) is 11.1 Å². The summed E-state index contributed by atoms with van der Waals surface area (Å²) >= 11 is 5.93. The van der Waals surface area contributed by atoms with Gasteiger partial charge in [-0.2, -0.15) is 0 Å². The van der Waals surface area contributed by atoms with Crippen LogP contribution in [0.4, 0.5) is 0 Å². The summed E-state index contributed by atoms with van der Waals surface area (Å²) in [6, 6.07) is 6.52. The largest absolute Gasteiger partial charge is 0.489 e. The van der Waals surface area contributed by atoms with Crippen LogP contribution < -0.4 is 15.4 Å². The molecule has 0 radical (unpaired) electrons. The molecule has 2 atom stereocenters. The van der Waals surface area contributed by atoms with Crippen molar-refractivity contribution < 1.29 is 19.4 Å². The van der Waals surface area contributed by atoms with E-state index < -0.39 is 12.1 Å². The maximum absolute atomic E-state index is 11.5. The lowest BCUT2D eigenvalue weighted by molar-refractivity contribution is -0.134. The number of benzene rings is 1. The number of aliphatic hydroxyl groups is 1. The minimum absolute atomic E-state index is 0.0595. The van der Waals surface area contributed by atoms with Crippen molar-refractivity contribution in [1.82, 2.24) is 10.6 Å². The molecule has 1 heterocycles. The van der Waals surface area contributed by atoms with Gasteiger partial charge in [0.1, 0.15) is 18.5 Å². The van der Waals surface area contributed by atoms with E-state index in [4.69, 9.17) is 16.3 Å². The number of aliphatic hydroxyl groups excluding tert-OH is 1. The fraction of sp³-hybridized carbons (Fsp3) is 0.429. The SMILES string of the molecule is O=C1CCC(NCC(O)COc2ccccc2Cl)C(=O)N1. The van der Waals surface area contributed by atoms with Crippen LogP contribution in [-0.4, -0.2) is 42.2 Å². The number of piperidine rings is 1. The number of carbonyl (C=O) groups is 2. The molecular formula is C14H17ClN2O4. The van der Waals surface area contributed by atoms with Crippen LogP contribution in [0.1, 0.15) is 12.8 Å². The molecule has 2 amide bonds. The minimum Gasteiger partial charge on any atom is -0.489 e. The zero-order valence-electron chi connectivity index (χ0n) is 11.3. The average Bonchev–Trinajstić information content (AvgIpc) is 2.45. The zero-order valence-corrected chi connectivity index (χ0v) is 12.1. The molecule has 114 valence electrons. The van der Waals surface area contributed by atoms with Crippen molar-refractivity contribution in [2.75, 3.05) is 13.2 Å². The summed E-state index contributed by atoms with van der Waals surface area (Å²) in [7, 11) is 0. The highest BCUT2D eigenvalue weighted by atomic mass is 35.5. The monoisotopic (exact) mass is 312 g/mol. The maximum atomic E-state index is 11.5. The molecule has 3 N–H and O–H groups in total. The molecule has 0 saturated carbocycles. The summed E-state index contributed by atoms with van der Waals surface area (Å²) in [5.74, 6) is -0.120. The van der Waals surface area contributed by atoms with Gasteiger partial charge in [0.15, 0.2) is 0 Å². The first-order chi connectivity index (χ1) is 10.1. The normalized spacial score (nSPS) is 20.0. The third-order valence-electron chi connectivity index (χ3n) is 3.11. The molecule has 6 nitrogen and oxygen atoms in total. The van der Waals surface area contributed by atoms with Crippen molar-refractivity contribution >= 4 is 23.4 Å². The van der Waals surface area contributed by atoms with Gasteiger partial charge in [0.2, 0.25) is 11.8 Å². The molecule has 2 rings (SSSR count). The molecule has 1 fully saturated rings. The molecule has 2 unspecified atom stereocenters. The van der Waals surface area contributed by atoms with Crippen LogP contribution in [0.15, 0.2) is 24.3 Å². The van der Waals surface area contributed by atoms with Crippen molar-refractivity contribution in [3.63, 3.8) is 0 Å². The van der Waals surface area contributed by atoms with Crippen molar-refractivity contribution in [2.24, 2.45) is 0 Å². The van der Waals surface area contributed by atoms with Crippen LogP contribution in [0.3, 0.4) is 0 Å². The highest BCUT2D eigenvalue weighted by Crippen LogP contribution is 2.23. The van der Waals surface area contributed by atoms with Gasteiger partial charge in [-0.25, -0.2) is 0 Å². The lowest BCUT2D eigenvalue weighted by Crippen LogP contribution is -2.52. The summed E-state index contributed by atoms with van der Waals surface area (Å²) in [6.45, 7) is 0.251. The van der Waals surface area contributed by atoms with Gasteiger partial charge >= 0.3 is 0 Å². The Bertz CT molecular complexity index is 523. The molecule has 7 heteroatoms. The topological polar surface area (TPSA) is 87.7 Å². The predicted octanol–water partition coefficient (Wildman–Crippen LogP) is 0.474. The van der Waals surface area contributed by atoms with Crippen molar-refractivity contribution in [3.05, 3.63) is 29.3 Å². The van der Waals surface area contributed by atoms with Crippen LogP contribution in [0, 0.1) is 0 Å². The molecule has 1 aromatic rings. The van der Waals surface area contributed by atoms with Crippen molar-refractivity contribution in [3.8, 4) is 5.75 Å². The van der Waals surface area contributed by atoms with E-state index in [0.717, 1.165) is 0 Å². The number of imide groups is 1. The summed E-state index contributed by atoms with van der Waals surface area (Å²) in [4.78, 5) is 22.5. The zero-order chi connectivity index (χ0) is 15.2. The molecule has 1 aliphatic heterocycles. The number of para-hydroxylation sites is 1. The Labute approximate surface area is 127 Å². The number of halogens is 1. The third-order valence-corrected chi connectivity index (χ3v) is 3.42. The Kier molecular flexibility index (Phi) is 5.55. The number of amides is 2. The van der Waals surface area contributed by atoms with E-state index in [1.807, 2.05) is 0 Å². The molecule has 0 bridgehead atoms. The molecule has 0 aromatic heterocycles. The molecule has 0 aliphatic carbocycles. The van der Waals surface area contributed by atoms with Crippen molar-refractivity contribution in [2.45, 2.75) is 25.0 Å². The van der Waals surface area contributed by atoms with Gasteiger partial charge in [-0.15, -0.1) is 0 Å². The van der Waals surface area contributed by atoms with Gasteiger partial charge < -0.3 is 15.2 Å². The standard InChI is InChI=1S/C14H17ClN2O4/c15-10-3-1-2-4-12(10)21-8-9(18)7-16-11-5-6-13(19)17-14(11)20/h1-4,9,11,16,18H,5-8H2,(H,17,19,20). The van der Waals surface area contributed by atoms with Crippen LogP contribution in [0.5, 0.6) is 5.75 Å². The Balaban J connectivity index is 1.72. The lowest BCUT2D eigenvalue weighted by atomic mass is 10.1. The second-order valence-electron chi connectivity index (χ2n) is 4.81. The Morgan fingerprint density at radius 2 is 2.19 bits per heavy atom. The van der Waals surface area contributed by atoms with E-state index in [0.29, 0.717) is 23.6 Å². The van der Waals surface area contributed by atoms with Gasteiger partial charge in [0, 0.05) is 13.0 Å². The smallest absolute Gasteiger partial charge is 0.243 e. The van der Waals surface area contributed by atoms with Crippen LogP contribution >= 0.6 is 11.6 Å². The van der Waals surface area contributed by atoms with E-state index in [-0.39, 0.29) is 25.0 Å². The number of rotatable bonds is 6. The number of ether oxygens (including phenoxy) is 1. The van der Waals surface area contributed by atoms with Crippen LogP contribution in [0.2, 0.25) is 5.02 Å². The number of hydrogen-bond donors (Lipinski definition) is 3. The molecule has 0 spiro atoms. The fourth-order valence-corrected chi connectivity index (χ4v) is 2.16. The predicted molar refractivity (Wildman–Crippen MR) is 77.1 cm³/mol. The first-order valence-electron chi connectivity index (χ1n) is 6.68. The average molecular weight is 313 g/mol. The van der Waals surface area contributed by atoms with E-state index in [2.05, 4.69) is 10.6 Å². The summed E-state index contributed by atoms with van der Waals surface area (Å²) in [6.07, 6.45) is -0.0510. The third kappa shape index (κ3) is 4.70. The number of nitrogens with one attached hydrogen (secondary N) is 2. The van der Waals surface area contributed by atoms with Crippen LogP contribution in [0.25, 0.3) is 0 Å². The summed E-state index contributed by atoms with van der Waals surface area (Å²) < 4.78 is 5.41. The molecule has 1 aromatic carbocycles. The van der Waals surface area contributed by atoms with E-state index in [9.17, 15) is 14.7 Å². The quantitative estimate of drug-likeness (QED) is 0.665. The van der Waals surface area contributed by atoms with Gasteiger partial charge in [0.25, 0.3) is 0 Å². The number of hydrogen-bond acceptors (Lipinski definition) is 5. The Morgan fingerprint density at radius 3 is 2.90 bits per heavy atom. The van der Waals surface area contributed by atoms with Crippen LogP contribution in [-0.2, 0) is 9.59 Å². The fourth-order valence-electron chi connectivity index (χ4n) is 1.97. The molecule has 21 heavy (non-hydrogen) atoms. The van der Waals surface area contributed by atoms with Gasteiger partial charge in [-0.05, 0) is 18.6 Å². The Morgan fingerprint density at radius 1 is 1.43 bits per heavy atom. The maximum Gasteiger partial charge on any atom is 0.243 e. The van der Waals surface area contributed by atoms with E-state index in [1.54, 1.807) is 24.3 Å². The molecule has 1 aliphatic rings. The first kappa shape index (κ1) is 15.8. The van der Waals surface area contributed by atoms with Crippen molar-refractivity contribution in [1.29, 1.82) is 0 Å². The first-order valence-corrected chi connectivity index (χ1v) is 7.06. The van der Waals surface area contributed by atoms with E-state index >= 15 is 0 Å². The summed E-state index contributed by atoms with van der Waals surface area (Å²) in [5.41, 5.74) is 0. The molecular weight excluding hydrogens is 296 g/mol. The Hall–Kier alpha value is -1.63. The highest BCUT2D eigenvalue weighted by Gasteiger charge is 2.26. The minimum atomic E-state index is -0.785. The highest BCUT2D eigenvalue weighted by molar-refractivity contribution is 6.32. The number of carbonyl (C=O) groups excluding carboxylic acids is 2. The molecule has 1 saturated heterocycles. The van der Waals surface area contributed by atoms with Gasteiger partial charge in [-0.1, -0.05) is 23.7 Å². The summed E-state index contributed by atoms with van der Waals surface area (Å²) in [5, 5.41) is 15.5. The van der Waals surface area contributed by atoms with Gasteiger partial charge in [-0.3, -0.25) is 14.9 Å². The van der Waals surface area contributed by atoms with E-state index in [1.165, 1.54) is 0 Å². The second-order valence-corrected chi connectivity index (χ2v) is 5.21.